The molecule has 0 spiro atoms. The van der Waals surface area contributed by atoms with Gasteiger partial charge in [0.15, 0.2) is 23.7 Å². The van der Waals surface area contributed by atoms with Crippen LogP contribution in [0.4, 0.5) is 5.82 Å². The monoisotopic (exact) mass is 951 g/mol. The zero-order valence-corrected chi connectivity index (χ0v) is 36.8. The number of imidazole rings is 1. The number of fused-ring (bicyclic) bond motifs is 1. The number of hydrogen-bond donors (Lipinski definition) is 12. The van der Waals surface area contributed by atoms with E-state index in [9.17, 15) is 57.9 Å². The normalized spacial score (nSPS) is 21.6. The van der Waals surface area contributed by atoms with Crippen LogP contribution in [0.1, 0.15) is 39.3 Å². The Morgan fingerprint density at radius 1 is 1.05 bits per heavy atom. The van der Waals surface area contributed by atoms with Gasteiger partial charge in [0.05, 0.1) is 25.6 Å². The number of aliphatic imine (C=N–C) groups is 1. The van der Waals surface area contributed by atoms with Gasteiger partial charge in [-0.2, -0.15) is 4.31 Å². The number of ether oxygens (including phenoxy) is 1. The van der Waals surface area contributed by atoms with E-state index in [-0.39, 0.29) is 47.4 Å². The van der Waals surface area contributed by atoms with Crippen molar-refractivity contribution < 1.29 is 80.5 Å². The van der Waals surface area contributed by atoms with Crippen molar-refractivity contribution in [2.24, 2.45) is 16.1 Å². The van der Waals surface area contributed by atoms with Crippen LogP contribution in [0.3, 0.4) is 0 Å². The zero-order valence-electron chi connectivity index (χ0n) is 33.3. The summed E-state index contributed by atoms with van der Waals surface area (Å²) in [6.07, 6.45) is -5.93. The fourth-order valence-corrected chi connectivity index (χ4v) is 8.88. The Kier molecular flexibility index (Phi) is 19.6. The summed E-state index contributed by atoms with van der Waals surface area (Å²) in [5.41, 5.74) is 10.2. The molecule has 28 nitrogen and oxygen atoms in total. The summed E-state index contributed by atoms with van der Waals surface area (Å²) in [5, 5.41) is 32.1. The van der Waals surface area contributed by atoms with Gasteiger partial charge in [-0.05, 0) is 12.8 Å². The Balaban J connectivity index is 1.42. The summed E-state index contributed by atoms with van der Waals surface area (Å²) in [5.74, 6) is -0.648. The Morgan fingerprint density at radius 3 is 2.39 bits per heavy atom. The summed E-state index contributed by atoms with van der Waals surface area (Å²) in [4.78, 5) is 92.1. The second-order valence-electron chi connectivity index (χ2n) is 13.7. The summed E-state index contributed by atoms with van der Waals surface area (Å²) in [6, 6.07) is -0.684. The molecule has 0 radical (unpaired) electrons. The molecule has 0 bridgehead atoms. The first kappa shape index (κ1) is 52.1. The first-order valence-corrected chi connectivity index (χ1v) is 23.6. The van der Waals surface area contributed by atoms with Crippen LogP contribution in [0.2, 0.25) is 0 Å². The summed E-state index contributed by atoms with van der Waals surface area (Å²) >= 11 is 0.970. The van der Waals surface area contributed by atoms with E-state index in [4.69, 9.17) is 25.3 Å². The first-order chi connectivity index (χ1) is 28.4. The van der Waals surface area contributed by atoms with Crippen molar-refractivity contribution in [1.29, 1.82) is 0 Å². The molecular formula is C29H52N11O17P3S. The summed E-state index contributed by atoms with van der Waals surface area (Å²) in [6.45, 7) is 0.927. The maximum absolute atomic E-state index is 12.7. The fraction of sp³-hybridized carbons (Fsp3) is 0.690. The molecule has 8 atom stereocenters. The number of guanidine groups is 1. The highest BCUT2D eigenvalue weighted by molar-refractivity contribution is 8.13. The lowest BCUT2D eigenvalue weighted by molar-refractivity contribution is -0.137. The molecule has 2 aromatic rings. The van der Waals surface area contributed by atoms with Crippen molar-refractivity contribution in [2.75, 3.05) is 58.4 Å². The molecule has 32 heteroatoms. The van der Waals surface area contributed by atoms with Crippen LogP contribution in [0.25, 0.3) is 11.2 Å². The third kappa shape index (κ3) is 16.5. The first-order valence-electron chi connectivity index (χ1n) is 18.1. The van der Waals surface area contributed by atoms with Gasteiger partial charge in [-0.1, -0.05) is 25.6 Å². The third-order valence-corrected chi connectivity index (χ3v) is 12.6. The van der Waals surface area contributed by atoms with Gasteiger partial charge in [-0.15, -0.1) is 0 Å². The van der Waals surface area contributed by atoms with Gasteiger partial charge in [0.25, 0.3) is 0 Å². The van der Waals surface area contributed by atoms with Crippen LogP contribution in [0.15, 0.2) is 17.6 Å². The van der Waals surface area contributed by atoms with Gasteiger partial charge in [0, 0.05) is 51.3 Å². The average molecular weight is 952 g/mol. The van der Waals surface area contributed by atoms with Gasteiger partial charge < -0.3 is 67.3 Å². The number of nitrogen functional groups attached to an aromatic ring is 1. The van der Waals surface area contributed by atoms with Crippen LogP contribution in [0, 0.1) is 5.41 Å². The molecule has 3 rings (SSSR count). The Labute approximate surface area is 352 Å². The molecule has 1 aliphatic heterocycles. The number of nitrogens with zero attached hydrogens (tertiary/aromatic N) is 5. The van der Waals surface area contributed by atoms with Gasteiger partial charge in [-0.25, -0.2) is 28.6 Å². The minimum Gasteiger partial charge on any atom is -0.386 e. The van der Waals surface area contributed by atoms with E-state index in [1.807, 2.05) is 0 Å². The Bertz CT molecular complexity index is 1990. The number of nitrogens with two attached hydrogens (primary N) is 2. The minimum absolute atomic E-state index is 0.0254. The van der Waals surface area contributed by atoms with Crippen molar-refractivity contribution in [3.8, 4) is 0 Å². The number of aromatic nitrogens is 4. The molecule has 0 aromatic carbocycles. The molecule has 346 valence electrons. The molecule has 1 fully saturated rings. The van der Waals surface area contributed by atoms with E-state index in [1.165, 1.54) is 13.8 Å². The summed E-state index contributed by atoms with van der Waals surface area (Å²) in [7, 11) is -13.1. The lowest BCUT2D eigenvalue weighted by Gasteiger charge is -2.30. The van der Waals surface area contributed by atoms with Crippen LogP contribution >= 0.6 is 35.2 Å². The van der Waals surface area contributed by atoms with E-state index >= 15 is 0 Å². The van der Waals surface area contributed by atoms with Gasteiger partial charge in [0.1, 0.15) is 36.3 Å². The number of phosphoric acid groups is 3. The highest BCUT2D eigenvalue weighted by Crippen LogP contribution is 2.61. The van der Waals surface area contributed by atoms with Crippen LogP contribution < -0.4 is 32.7 Å². The second-order valence-corrected chi connectivity index (χ2v) is 19.1. The number of carbonyl (C=O) groups is 3. The van der Waals surface area contributed by atoms with Crippen molar-refractivity contribution in [3.05, 3.63) is 12.7 Å². The number of aliphatic hydroxyl groups is 2. The second kappa shape index (κ2) is 22.9. The van der Waals surface area contributed by atoms with Gasteiger partial charge in [0.2, 0.25) is 16.9 Å². The quantitative estimate of drug-likeness (QED) is 0.0225. The molecule has 1 aliphatic rings. The van der Waals surface area contributed by atoms with Crippen LogP contribution in [-0.4, -0.2) is 155 Å². The lowest BCUT2D eigenvalue weighted by atomic mass is 9.87. The topological polar surface area (TPSA) is 426 Å². The predicted octanol–water partition coefficient (Wildman–Crippen LogP) is -2.43. The van der Waals surface area contributed by atoms with E-state index in [2.05, 4.69) is 50.0 Å². The fourth-order valence-electron chi connectivity index (χ4n) is 5.31. The largest absolute Gasteiger partial charge is 0.481 e. The SMILES string of the molecule is CN=C(NC)NCCCC(N)C(=O)SCCNC(=O)CCNC(=O)C(O)C(C)(C)COP(=O)(O)OP(=O)(O)OCC1OC(n2cnc3c(N)ncnc32)C(O)C1OP(=O)(O)O. The number of anilines is 1. The number of nitrogens with one attached hydrogen (secondary N) is 4. The number of thioether (sulfide) groups is 1. The highest BCUT2D eigenvalue weighted by Gasteiger charge is 2.50. The molecule has 1 saturated heterocycles. The van der Waals surface area contributed by atoms with Crippen molar-refractivity contribution in [2.45, 2.75) is 69.8 Å². The van der Waals surface area contributed by atoms with Crippen LogP contribution in [-0.2, 0) is 50.7 Å². The average Bonchev–Trinajstić information content (AvgIpc) is 3.74. The summed E-state index contributed by atoms with van der Waals surface area (Å²) < 4.78 is 62.2. The molecule has 0 saturated carbocycles. The molecule has 61 heavy (non-hydrogen) atoms. The molecular weight excluding hydrogens is 899 g/mol. The van der Waals surface area contributed by atoms with Gasteiger partial charge >= 0.3 is 23.5 Å². The van der Waals surface area contributed by atoms with Crippen molar-refractivity contribution in [1.82, 2.24) is 40.8 Å². The highest BCUT2D eigenvalue weighted by atomic mass is 32.2. The zero-order chi connectivity index (χ0) is 45.8. The Morgan fingerprint density at radius 2 is 1.74 bits per heavy atom. The predicted molar refractivity (Wildman–Crippen MR) is 215 cm³/mol. The number of rotatable bonds is 24. The van der Waals surface area contributed by atoms with Crippen molar-refractivity contribution >= 4 is 75.1 Å². The standard InChI is InChI=1S/C29H52N11O17P3S/c1-29(2,22(43)25(44)35-9-7-18(41)34-10-11-61-27(45)16(30)6-5-8-36-28(32-3)33-4)13-54-60(51,52)57-59(49,50)53-12-17-21(56-58(46,47)48)20(42)26(55-17)40-15-39-19-23(31)37-14-38-24(19)40/h14-17,20-22,26,42-43H,5-13,30H2,1-4H3,(H,34,41)(H,35,44)(H,49,50)(H,51,52)(H2,31,37,38)(H2,32,33,36)(H2,46,47,48). The molecule has 3 heterocycles. The van der Waals surface area contributed by atoms with E-state index < -0.39 is 90.6 Å². The number of amides is 2. The molecule has 2 amide bonds. The number of carbonyl (C=O) groups excluding carboxylic acids is 3. The maximum atomic E-state index is 12.7. The number of aliphatic hydroxyl groups excluding tert-OH is 2. The van der Waals surface area contributed by atoms with E-state index in [0.717, 1.165) is 29.0 Å². The molecule has 8 unspecified atom stereocenters. The lowest BCUT2D eigenvalue weighted by Crippen LogP contribution is -2.46. The van der Waals surface area contributed by atoms with E-state index in [0.29, 0.717) is 25.3 Å². The molecule has 0 aliphatic carbocycles. The molecule has 14 N–H and O–H groups in total. The van der Waals surface area contributed by atoms with E-state index in [1.54, 1.807) is 14.1 Å². The molecule has 2 aromatic heterocycles. The smallest absolute Gasteiger partial charge is 0.386 e. The van der Waals surface area contributed by atoms with Crippen molar-refractivity contribution in [3.63, 3.8) is 0 Å². The minimum atomic E-state index is -5.58. The maximum Gasteiger partial charge on any atom is 0.481 e. The third-order valence-electron chi connectivity index (χ3n) is 8.49. The number of hydrogen-bond acceptors (Lipinski definition) is 20. The Hall–Kier alpha value is -3.21. The number of phosphoric ester groups is 3. The van der Waals surface area contributed by atoms with Crippen LogP contribution in [0.5, 0.6) is 0 Å². The van der Waals surface area contributed by atoms with Gasteiger partial charge in [-0.3, -0.25) is 37.5 Å².